The minimum atomic E-state index is -0.273. The van der Waals surface area contributed by atoms with E-state index >= 15 is 0 Å². The number of hydrogen-bond donors (Lipinski definition) is 2. The van der Waals surface area contributed by atoms with Crippen molar-refractivity contribution < 1.29 is 4.79 Å². The maximum Gasteiger partial charge on any atom is 0.270 e. The highest BCUT2D eigenvalue weighted by Crippen LogP contribution is 2.43. The molecule has 28 heavy (non-hydrogen) atoms. The van der Waals surface area contributed by atoms with Crippen LogP contribution < -0.4 is 11.1 Å². The van der Waals surface area contributed by atoms with E-state index in [0.717, 1.165) is 16.5 Å². The van der Waals surface area contributed by atoms with Crippen molar-refractivity contribution in [2.75, 3.05) is 5.73 Å². The molecular weight excluding hydrogens is 350 g/mol. The SMILES string of the molecule is CC(C)(C)c1cc(C2CC2)cc2c(N)cc(C(=O)NCc3cnccn3)nc12. The number of hydrogen-bond acceptors (Lipinski definition) is 5. The van der Waals surface area contributed by atoms with Crippen LogP contribution in [0, 0.1) is 0 Å². The number of nitrogens with one attached hydrogen (secondary N) is 1. The Balaban J connectivity index is 1.72. The van der Waals surface area contributed by atoms with Crippen molar-refractivity contribution >= 4 is 22.5 Å². The molecule has 1 saturated carbocycles. The van der Waals surface area contributed by atoms with Crippen LogP contribution in [0.25, 0.3) is 10.9 Å². The highest BCUT2D eigenvalue weighted by Gasteiger charge is 2.28. The Bertz CT molecular complexity index is 1040. The van der Waals surface area contributed by atoms with Crippen LogP contribution in [0.3, 0.4) is 0 Å². The van der Waals surface area contributed by atoms with E-state index in [0.29, 0.717) is 29.5 Å². The fourth-order valence-corrected chi connectivity index (χ4v) is 3.40. The average molecular weight is 375 g/mol. The Kier molecular flexibility index (Phi) is 4.49. The third kappa shape index (κ3) is 3.67. The summed E-state index contributed by atoms with van der Waals surface area (Å²) < 4.78 is 0. The second kappa shape index (κ2) is 6.86. The maximum atomic E-state index is 12.7. The summed E-state index contributed by atoms with van der Waals surface area (Å²) in [6.45, 7) is 6.78. The number of carbonyl (C=O) groups excluding carboxylic acids is 1. The molecule has 3 aromatic rings. The summed E-state index contributed by atoms with van der Waals surface area (Å²) in [6, 6.07) is 6.05. The Morgan fingerprint density at radius 3 is 2.64 bits per heavy atom. The van der Waals surface area contributed by atoms with Gasteiger partial charge in [0.05, 0.1) is 24.0 Å². The lowest BCUT2D eigenvalue weighted by Gasteiger charge is -2.23. The van der Waals surface area contributed by atoms with Crippen molar-refractivity contribution in [2.24, 2.45) is 0 Å². The lowest BCUT2D eigenvalue weighted by atomic mass is 9.83. The number of aromatic nitrogens is 3. The Morgan fingerprint density at radius 1 is 1.21 bits per heavy atom. The number of pyridine rings is 1. The Hall–Kier alpha value is -3.02. The van der Waals surface area contributed by atoms with Gasteiger partial charge in [-0.2, -0.15) is 0 Å². The molecule has 2 heterocycles. The molecule has 2 aromatic heterocycles. The average Bonchev–Trinajstić information content (AvgIpc) is 3.50. The molecule has 6 heteroatoms. The molecule has 0 bridgehead atoms. The van der Waals surface area contributed by atoms with Crippen molar-refractivity contribution in [1.29, 1.82) is 0 Å². The zero-order valence-electron chi connectivity index (χ0n) is 16.5. The van der Waals surface area contributed by atoms with Crippen molar-refractivity contribution in [2.45, 2.75) is 51.5 Å². The minimum Gasteiger partial charge on any atom is -0.398 e. The van der Waals surface area contributed by atoms with Crippen LogP contribution in [0.2, 0.25) is 0 Å². The van der Waals surface area contributed by atoms with Crippen molar-refractivity contribution in [1.82, 2.24) is 20.3 Å². The normalized spacial score (nSPS) is 14.2. The molecule has 0 unspecified atom stereocenters. The zero-order chi connectivity index (χ0) is 19.9. The summed E-state index contributed by atoms with van der Waals surface area (Å²) in [7, 11) is 0. The highest BCUT2D eigenvalue weighted by molar-refractivity contribution is 6.00. The molecule has 1 aliphatic carbocycles. The van der Waals surface area contributed by atoms with Gasteiger partial charge in [-0.15, -0.1) is 0 Å². The van der Waals surface area contributed by atoms with E-state index in [-0.39, 0.29) is 11.3 Å². The van der Waals surface area contributed by atoms with E-state index in [4.69, 9.17) is 10.7 Å². The summed E-state index contributed by atoms with van der Waals surface area (Å²) in [4.78, 5) is 25.6. The Labute approximate surface area is 164 Å². The zero-order valence-corrected chi connectivity index (χ0v) is 16.5. The van der Waals surface area contributed by atoms with Crippen molar-refractivity contribution in [3.63, 3.8) is 0 Å². The van der Waals surface area contributed by atoms with Crippen molar-refractivity contribution in [3.8, 4) is 0 Å². The van der Waals surface area contributed by atoms with Gasteiger partial charge in [0.1, 0.15) is 5.69 Å². The van der Waals surface area contributed by atoms with Crippen LogP contribution in [-0.4, -0.2) is 20.9 Å². The molecule has 6 nitrogen and oxygen atoms in total. The molecule has 4 rings (SSSR count). The van der Waals surface area contributed by atoms with E-state index in [1.54, 1.807) is 24.7 Å². The van der Waals surface area contributed by atoms with Crippen LogP contribution in [0.1, 0.15) is 66.8 Å². The molecule has 1 aliphatic rings. The number of nitrogens with zero attached hydrogens (tertiary/aromatic N) is 3. The number of benzene rings is 1. The molecule has 1 fully saturated rings. The summed E-state index contributed by atoms with van der Waals surface area (Å²) >= 11 is 0. The van der Waals surface area contributed by atoms with Gasteiger partial charge < -0.3 is 11.1 Å². The molecule has 0 radical (unpaired) electrons. The van der Waals surface area contributed by atoms with E-state index in [9.17, 15) is 4.79 Å². The van der Waals surface area contributed by atoms with Gasteiger partial charge in [0.15, 0.2) is 0 Å². The topological polar surface area (TPSA) is 93.8 Å². The Morgan fingerprint density at radius 2 is 2.00 bits per heavy atom. The van der Waals surface area contributed by atoms with Gasteiger partial charge >= 0.3 is 0 Å². The standard InChI is InChI=1S/C22H25N5O/c1-22(2,3)17-9-14(13-4-5-13)8-16-18(23)10-19(27-20(16)17)21(28)26-12-15-11-24-6-7-25-15/h6-11,13H,4-5,12H2,1-3H3,(H2,23,27)(H,26,28). The number of nitrogens with two attached hydrogens (primary N) is 1. The van der Waals surface area contributed by atoms with Gasteiger partial charge in [-0.3, -0.25) is 14.8 Å². The van der Waals surface area contributed by atoms with Gasteiger partial charge in [-0.25, -0.2) is 4.98 Å². The lowest BCUT2D eigenvalue weighted by Crippen LogP contribution is -2.25. The first kappa shape index (κ1) is 18.3. The second-order valence-electron chi connectivity index (χ2n) is 8.47. The molecule has 1 amide bonds. The largest absolute Gasteiger partial charge is 0.398 e. The first-order valence-corrected chi connectivity index (χ1v) is 9.60. The van der Waals surface area contributed by atoms with Crippen molar-refractivity contribution in [3.05, 3.63) is 59.3 Å². The number of amides is 1. The molecular formula is C22H25N5O. The van der Waals surface area contributed by atoms with E-state index in [1.165, 1.54) is 18.4 Å². The van der Waals surface area contributed by atoms with Gasteiger partial charge in [0.2, 0.25) is 0 Å². The fraction of sp³-hybridized carbons (Fsp3) is 0.364. The predicted molar refractivity (Wildman–Crippen MR) is 110 cm³/mol. The lowest BCUT2D eigenvalue weighted by molar-refractivity contribution is 0.0946. The first-order valence-electron chi connectivity index (χ1n) is 9.60. The molecule has 0 atom stereocenters. The molecule has 144 valence electrons. The second-order valence-corrected chi connectivity index (χ2v) is 8.47. The summed E-state index contributed by atoms with van der Waals surface area (Å²) in [5.74, 6) is 0.352. The maximum absolute atomic E-state index is 12.7. The number of fused-ring (bicyclic) bond motifs is 1. The minimum absolute atomic E-state index is 0.0999. The number of anilines is 1. The third-order valence-corrected chi connectivity index (χ3v) is 5.10. The third-order valence-electron chi connectivity index (χ3n) is 5.10. The fourth-order valence-electron chi connectivity index (χ4n) is 3.40. The van der Waals surface area contributed by atoms with Crippen LogP contribution in [0.4, 0.5) is 5.69 Å². The number of rotatable bonds is 4. The van der Waals surface area contributed by atoms with Crippen LogP contribution in [-0.2, 0) is 12.0 Å². The molecule has 3 N–H and O–H groups in total. The molecule has 1 aromatic carbocycles. The van der Waals surface area contributed by atoms with E-state index < -0.39 is 0 Å². The molecule has 0 aliphatic heterocycles. The van der Waals surface area contributed by atoms with Gasteiger partial charge in [-0.05, 0) is 47.4 Å². The number of nitrogen functional groups attached to an aromatic ring is 1. The van der Waals surface area contributed by atoms with Crippen LogP contribution >= 0.6 is 0 Å². The smallest absolute Gasteiger partial charge is 0.270 e. The number of carbonyl (C=O) groups is 1. The highest BCUT2D eigenvalue weighted by atomic mass is 16.1. The monoisotopic (exact) mass is 375 g/mol. The summed E-state index contributed by atoms with van der Waals surface area (Å²) in [5, 5.41) is 3.78. The molecule has 0 spiro atoms. The van der Waals surface area contributed by atoms with Gasteiger partial charge in [0, 0.05) is 23.5 Å². The first-order chi connectivity index (χ1) is 13.3. The van der Waals surface area contributed by atoms with Crippen LogP contribution in [0.15, 0.2) is 36.8 Å². The summed E-state index contributed by atoms with van der Waals surface area (Å²) in [6.07, 6.45) is 7.28. The van der Waals surface area contributed by atoms with Gasteiger partial charge in [-0.1, -0.05) is 26.8 Å². The van der Waals surface area contributed by atoms with Gasteiger partial charge in [0.25, 0.3) is 5.91 Å². The quantitative estimate of drug-likeness (QED) is 0.725. The summed E-state index contributed by atoms with van der Waals surface area (Å²) in [5.41, 5.74) is 11.1. The predicted octanol–water partition coefficient (Wildman–Crippen LogP) is 3.71. The molecule has 0 saturated heterocycles. The van der Waals surface area contributed by atoms with E-state index in [1.807, 2.05) is 0 Å². The van der Waals surface area contributed by atoms with E-state index in [2.05, 4.69) is 48.2 Å². The van der Waals surface area contributed by atoms with Crippen LogP contribution in [0.5, 0.6) is 0 Å².